The number of halogens is 1. The molecule has 0 saturated heterocycles. The first-order chi connectivity index (χ1) is 3.81. The van der Waals surface area contributed by atoms with Crippen molar-refractivity contribution in [2.45, 2.75) is 13.3 Å². The van der Waals surface area contributed by atoms with E-state index in [9.17, 15) is 4.79 Å². The van der Waals surface area contributed by atoms with Crippen LogP contribution in [0.2, 0.25) is 0 Å². The van der Waals surface area contributed by atoms with Gasteiger partial charge in [0.2, 0.25) is 0 Å². The Morgan fingerprint density at radius 2 is 2.22 bits per heavy atom. The van der Waals surface area contributed by atoms with Crippen molar-refractivity contribution in [1.29, 1.82) is 0 Å². The van der Waals surface area contributed by atoms with Crippen LogP contribution in [0.25, 0.3) is 0 Å². The fourth-order valence-corrected chi connectivity index (χ4v) is 0.634. The molecule has 0 rings (SSSR count). The van der Waals surface area contributed by atoms with Crippen LogP contribution in [0.4, 0.5) is 0 Å². The zero-order valence-corrected chi connectivity index (χ0v) is 10.1. The number of hydrogen-bond acceptors (Lipinski definition) is 2. The van der Waals surface area contributed by atoms with E-state index in [4.69, 9.17) is 0 Å². The van der Waals surface area contributed by atoms with Crippen LogP contribution in [0.3, 0.4) is 0 Å². The first-order valence-electron chi connectivity index (χ1n) is 2.52. The van der Waals surface area contributed by atoms with Crippen LogP contribution in [-0.2, 0) is 29.0 Å². The van der Waals surface area contributed by atoms with E-state index < -0.39 is 0 Å². The predicted octanol–water partition coefficient (Wildman–Crippen LogP) is 1.33. The molecule has 0 heterocycles. The van der Waals surface area contributed by atoms with Crippen molar-refractivity contribution in [3.8, 4) is 0 Å². The van der Waals surface area contributed by atoms with E-state index in [1.165, 1.54) is 0 Å². The standard InChI is InChI=1S/C5H9BrO2.Zn/c1-2-8-5(7)3-4-6;/h2-4H2,1H3;. The number of rotatable bonds is 3. The molecule has 0 fully saturated rings. The summed E-state index contributed by atoms with van der Waals surface area (Å²) in [6, 6.07) is 0. The molecule has 4 heteroatoms. The van der Waals surface area contributed by atoms with Gasteiger partial charge in [0.05, 0.1) is 13.0 Å². The van der Waals surface area contributed by atoms with Gasteiger partial charge in [-0.2, -0.15) is 0 Å². The SMILES string of the molecule is CCOC(=O)CCBr.[Zn]. The summed E-state index contributed by atoms with van der Waals surface area (Å²) in [5, 5.41) is 0.686. The molecular formula is C5H9BrO2Zn. The Bertz CT molecular complexity index is 69.4. The van der Waals surface area contributed by atoms with E-state index in [0.29, 0.717) is 18.4 Å². The van der Waals surface area contributed by atoms with Gasteiger partial charge in [0.25, 0.3) is 0 Å². The normalized spacial score (nSPS) is 7.78. The molecule has 2 nitrogen and oxygen atoms in total. The molecule has 50 valence electrons. The zero-order valence-electron chi connectivity index (χ0n) is 5.52. The largest absolute Gasteiger partial charge is 0.466 e. The van der Waals surface area contributed by atoms with Gasteiger partial charge in [-0.1, -0.05) is 15.9 Å². The number of carbonyl (C=O) groups is 1. The number of ether oxygens (including phenoxy) is 1. The Morgan fingerprint density at radius 3 is 2.56 bits per heavy atom. The minimum Gasteiger partial charge on any atom is -0.466 e. The third-order valence-corrected chi connectivity index (χ3v) is 1.00. The van der Waals surface area contributed by atoms with Gasteiger partial charge >= 0.3 is 5.97 Å². The molecule has 0 saturated carbocycles. The molecule has 0 radical (unpaired) electrons. The van der Waals surface area contributed by atoms with Crippen molar-refractivity contribution < 1.29 is 29.0 Å². The molecule has 0 aliphatic carbocycles. The topological polar surface area (TPSA) is 26.3 Å². The van der Waals surface area contributed by atoms with Crippen LogP contribution >= 0.6 is 15.9 Å². The number of hydrogen-bond donors (Lipinski definition) is 0. The molecule has 0 aromatic carbocycles. The second kappa shape index (κ2) is 8.57. The van der Waals surface area contributed by atoms with Crippen molar-refractivity contribution in [3.05, 3.63) is 0 Å². The number of esters is 1. The molecule has 0 aromatic heterocycles. The quantitative estimate of drug-likeness (QED) is 0.427. The van der Waals surface area contributed by atoms with Gasteiger partial charge in [-0.3, -0.25) is 4.79 Å². The molecule has 0 unspecified atom stereocenters. The van der Waals surface area contributed by atoms with Gasteiger partial charge in [0, 0.05) is 24.8 Å². The zero-order chi connectivity index (χ0) is 6.41. The van der Waals surface area contributed by atoms with Gasteiger partial charge in [0.15, 0.2) is 0 Å². The van der Waals surface area contributed by atoms with E-state index >= 15 is 0 Å². The molecule has 0 bridgehead atoms. The average Bonchev–Trinajstić information content (AvgIpc) is 1.68. The smallest absolute Gasteiger partial charge is 0.306 e. The van der Waals surface area contributed by atoms with Gasteiger partial charge in [-0.15, -0.1) is 0 Å². The summed E-state index contributed by atoms with van der Waals surface area (Å²) >= 11 is 3.12. The maximum absolute atomic E-state index is 10.4. The first-order valence-corrected chi connectivity index (χ1v) is 3.65. The molecule has 0 amide bonds. The summed E-state index contributed by atoms with van der Waals surface area (Å²) < 4.78 is 4.61. The van der Waals surface area contributed by atoms with E-state index in [1.807, 2.05) is 0 Å². The first kappa shape index (κ1) is 12.3. The Hall–Kier alpha value is 0.573. The van der Waals surface area contributed by atoms with Crippen LogP contribution in [0.5, 0.6) is 0 Å². The summed E-state index contributed by atoms with van der Waals surface area (Å²) in [5.74, 6) is -0.135. The second-order valence-corrected chi connectivity index (χ2v) is 2.04. The maximum Gasteiger partial charge on any atom is 0.306 e. The summed E-state index contributed by atoms with van der Waals surface area (Å²) in [7, 11) is 0. The van der Waals surface area contributed by atoms with Crippen LogP contribution in [0.1, 0.15) is 13.3 Å². The molecule has 9 heavy (non-hydrogen) atoms. The van der Waals surface area contributed by atoms with Crippen molar-refractivity contribution in [2.24, 2.45) is 0 Å². The summed E-state index contributed by atoms with van der Waals surface area (Å²) in [4.78, 5) is 10.4. The molecule has 0 aliphatic rings. The molecule has 0 spiro atoms. The summed E-state index contributed by atoms with van der Waals surface area (Å²) in [5.41, 5.74) is 0. The maximum atomic E-state index is 10.4. The Balaban J connectivity index is 0. The second-order valence-electron chi connectivity index (χ2n) is 1.24. The fraction of sp³-hybridized carbons (Fsp3) is 0.800. The summed E-state index contributed by atoms with van der Waals surface area (Å²) in [6.07, 6.45) is 0.466. The van der Waals surface area contributed by atoms with Gasteiger partial charge in [-0.05, 0) is 6.92 Å². The Morgan fingerprint density at radius 1 is 1.67 bits per heavy atom. The van der Waals surface area contributed by atoms with Gasteiger partial charge in [-0.25, -0.2) is 0 Å². The van der Waals surface area contributed by atoms with Crippen molar-refractivity contribution in [2.75, 3.05) is 11.9 Å². The number of carbonyl (C=O) groups excluding carboxylic acids is 1. The Labute approximate surface area is 76.2 Å². The minimum atomic E-state index is -0.135. The Kier molecular flexibility index (Phi) is 11.7. The van der Waals surface area contributed by atoms with Gasteiger partial charge in [0.1, 0.15) is 0 Å². The molecule has 0 aromatic rings. The van der Waals surface area contributed by atoms with E-state index in [1.54, 1.807) is 6.92 Å². The van der Waals surface area contributed by atoms with E-state index in [2.05, 4.69) is 20.7 Å². The van der Waals surface area contributed by atoms with Gasteiger partial charge < -0.3 is 4.74 Å². The van der Waals surface area contributed by atoms with Crippen molar-refractivity contribution in [1.82, 2.24) is 0 Å². The van der Waals surface area contributed by atoms with Crippen LogP contribution < -0.4 is 0 Å². The third kappa shape index (κ3) is 8.57. The summed E-state index contributed by atoms with van der Waals surface area (Å²) in [6.45, 7) is 2.28. The average molecular weight is 246 g/mol. The number of alkyl halides is 1. The molecule has 0 N–H and O–H groups in total. The van der Waals surface area contributed by atoms with Crippen molar-refractivity contribution in [3.63, 3.8) is 0 Å². The van der Waals surface area contributed by atoms with Crippen LogP contribution in [-0.4, -0.2) is 17.9 Å². The van der Waals surface area contributed by atoms with Crippen LogP contribution in [0, 0.1) is 0 Å². The molecule has 0 aliphatic heterocycles. The van der Waals surface area contributed by atoms with E-state index in [-0.39, 0.29) is 25.4 Å². The minimum absolute atomic E-state index is 0. The van der Waals surface area contributed by atoms with Crippen LogP contribution in [0.15, 0.2) is 0 Å². The predicted molar refractivity (Wildman–Crippen MR) is 35.0 cm³/mol. The monoisotopic (exact) mass is 244 g/mol. The molecule has 0 atom stereocenters. The van der Waals surface area contributed by atoms with E-state index in [0.717, 1.165) is 0 Å². The van der Waals surface area contributed by atoms with Crippen molar-refractivity contribution >= 4 is 21.9 Å². The fourth-order valence-electron chi connectivity index (χ4n) is 0.310. The third-order valence-electron chi connectivity index (χ3n) is 0.604. The molecular weight excluding hydrogens is 237 g/mol.